The first-order valence-corrected chi connectivity index (χ1v) is 10.4. The Labute approximate surface area is 175 Å². The fourth-order valence-electron chi connectivity index (χ4n) is 4.13. The van der Waals surface area contributed by atoms with Gasteiger partial charge in [-0.3, -0.25) is 4.79 Å². The van der Waals surface area contributed by atoms with E-state index in [4.69, 9.17) is 0 Å². The molecule has 152 valence electrons. The van der Waals surface area contributed by atoms with Crippen LogP contribution in [0.4, 0.5) is 0 Å². The van der Waals surface area contributed by atoms with Crippen LogP contribution in [-0.2, 0) is 11.2 Å². The van der Waals surface area contributed by atoms with Gasteiger partial charge < -0.3 is 10.2 Å². The summed E-state index contributed by atoms with van der Waals surface area (Å²) >= 11 is 0. The summed E-state index contributed by atoms with van der Waals surface area (Å²) < 4.78 is 0. The maximum absolute atomic E-state index is 13.3. The van der Waals surface area contributed by atoms with Crippen molar-refractivity contribution >= 4 is 18.3 Å². The molecule has 1 N–H and O–H groups in total. The normalized spacial score (nSPS) is 15.5. The quantitative estimate of drug-likeness (QED) is 0.689. The molecule has 1 fully saturated rings. The van der Waals surface area contributed by atoms with Crippen LogP contribution in [-0.4, -0.2) is 36.5 Å². The van der Waals surface area contributed by atoms with Gasteiger partial charge in [-0.15, -0.1) is 12.4 Å². The number of piperidine rings is 1. The molecular formula is C24H33ClN2O. The molecule has 2 aromatic rings. The van der Waals surface area contributed by atoms with E-state index in [-0.39, 0.29) is 18.3 Å². The maximum atomic E-state index is 13.3. The van der Waals surface area contributed by atoms with Gasteiger partial charge in [0.15, 0.2) is 0 Å². The van der Waals surface area contributed by atoms with Gasteiger partial charge in [-0.2, -0.15) is 0 Å². The van der Waals surface area contributed by atoms with E-state index in [2.05, 4.69) is 65.7 Å². The number of nitrogens with zero attached hydrogens (tertiary/aromatic N) is 1. The summed E-state index contributed by atoms with van der Waals surface area (Å²) in [6.07, 6.45) is 4.65. The van der Waals surface area contributed by atoms with Crippen LogP contribution in [0.25, 0.3) is 0 Å². The van der Waals surface area contributed by atoms with Crippen molar-refractivity contribution in [2.75, 3.05) is 19.6 Å². The Kier molecular flexibility index (Phi) is 9.52. The number of carbonyl (C=O) groups excluding carboxylic acids is 1. The van der Waals surface area contributed by atoms with Gasteiger partial charge in [-0.25, -0.2) is 0 Å². The Morgan fingerprint density at radius 3 is 2.25 bits per heavy atom. The van der Waals surface area contributed by atoms with Crippen molar-refractivity contribution in [2.24, 2.45) is 0 Å². The third-order valence-electron chi connectivity index (χ3n) is 5.55. The molecule has 1 amide bonds. The molecule has 0 aliphatic carbocycles. The zero-order valence-corrected chi connectivity index (χ0v) is 17.7. The smallest absolute Gasteiger partial charge is 0.223 e. The Morgan fingerprint density at radius 1 is 1.04 bits per heavy atom. The molecule has 1 unspecified atom stereocenters. The summed E-state index contributed by atoms with van der Waals surface area (Å²) in [5.41, 5.74) is 2.56. The van der Waals surface area contributed by atoms with Crippen molar-refractivity contribution in [2.45, 2.75) is 51.0 Å². The molecule has 28 heavy (non-hydrogen) atoms. The Morgan fingerprint density at radius 2 is 1.64 bits per heavy atom. The number of benzene rings is 2. The monoisotopic (exact) mass is 400 g/mol. The third kappa shape index (κ3) is 6.35. The van der Waals surface area contributed by atoms with E-state index in [1.165, 1.54) is 11.1 Å². The van der Waals surface area contributed by atoms with Crippen molar-refractivity contribution in [3.8, 4) is 0 Å². The zero-order valence-electron chi connectivity index (χ0n) is 16.8. The molecule has 0 saturated carbocycles. The number of hydrogen-bond donors (Lipinski definition) is 1. The van der Waals surface area contributed by atoms with Gasteiger partial charge in [-0.05, 0) is 55.8 Å². The topological polar surface area (TPSA) is 32.3 Å². The van der Waals surface area contributed by atoms with Crippen LogP contribution in [0.5, 0.6) is 0 Å². The van der Waals surface area contributed by atoms with Crippen LogP contribution in [0.2, 0.25) is 0 Å². The minimum absolute atomic E-state index is 0. The molecule has 3 rings (SSSR count). The predicted octanol–water partition coefficient (Wildman–Crippen LogP) is 4.82. The van der Waals surface area contributed by atoms with E-state index in [1.54, 1.807) is 0 Å². The minimum Gasteiger partial charge on any atom is -0.340 e. The van der Waals surface area contributed by atoms with E-state index in [9.17, 15) is 4.79 Å². The highest BCUT2D eigenvalue weighted by atomic mass is 35.5. The first-order chi connectivity index (χ1) is 13.3. The van der Waals surface area contributed by atoms with Gasteiger partial charge in [0.1, 0.15) is 0 Å². The second kappa shape index (κ2) is 11.9. The fourth-order valence-corrected chi connectivity index (χ4v) is 4.13. The second-order valence-electron chi connectivity index (χ2n) is 7.57. The third-order valence-corrected chi connectivity index (χ3v) is 5.55. The Hall–Kier alpha value is -1.84. The SMILES string of the molecule is CCCN(C(=O)CC(Cc1ccccc1)c1ccccc1)C1CCNCC1.Cl. The average Bonchev–Trinajstić information content (AvgIpc) is 2.73. The molecular weight excluding hydrogens is 368 g/mol. The molecule has 0 bridgehead atoms. The van der Waals surface area contributed by atoms with Crippen LogP contribution in [0.15, 0.2) is 60.7 Å². The van der Waals surface area contributed by atoms with E-state index < -0.39 is 0 Å². The molecule has 2 aromatic carbocycles. The Bertz CT molecular complexity index is 686. The van der Waals surface area contributed by atoms with Gasteiger partial charge in [0.2, 0.25) is 5.91 Å². The van der Waals surface area contributed by atoms with Gasteiger partial charge >= 0.3 is 0 Å². The molecule has 4 heteroatoms. The Balaban J connectivity index is 0.00000280. The number of amides is 1. The molecule has 0 spiro atoms. The number of halogens is 1. The summed E-state index contributed by atoms with van der Waals surface area (Å²) in [6.45, 7) is 5.07. The van der Waals surface area contributed by atoms with E-state index in [1.807, 2.05) is 12.1 Å². The second-order valence-corrected chi connectivity index (χ2v) is 7.57. The largest absolute Gasteiger partial charge is 0.340 e. The lowest BCUT2D eigenvalue weighted by Gasteiger charge is -2.35. The van der Waals surface area contributed by atoms with Crippen LogP contribution in [0.3, 0.4) is 0 Å². The van der Waals surface area contributed by atoms with Gasteiger partial charge in [0.25, 0.3) is 0 Å². The fraction of sp³-hybridized carbons (Fsp3) is 0.458. The van der Waals surface area contributed by atoms with E-state index >= 15 is 0 Å². The van der Waals surface area contributed by atoms with Crippen LogP contribution in [0.1, 0.15) is 49.7 Å². The molecule has 1 aliphatic heterocycles. The summed E-state index contributed by atoms with van der Waals surface area (Å²) in [7, 11) is 0. The molecule has 1 heterocycles. The van der Waals surface area contributed by atoms with Crippen molar-refractivity contribution in [3.05, 3.63) is 71.8 Å². The average molecular weight is 401 g/mol. The number of hydrogen-bond acceptors (Lipinski definition) is 2. The molecule has 0 radical (unpaired) electrons. The number of carbonyl (C=O) groups is 1. The lowest BCUT2D eigenvalue weighted by atomic mass is 9.88. The van der Waals surface area contributed by atoms with Crippen molar-refractivity contribution in [1.82, 2.24) is 10.2 Å². The number of nitrogens with one attached hydrogen (secondary N) is 1. The molecule has 1 atom stereocenters. The standard InChI is InChI=1S/C24H32N2O.ClH/c1-2-17-26(23-13-15-25-16-14-23)24(27)19-22(21-11-7-4-8-12-21)18-20-9-5-3-6-10-20;/h3-12,22-23,25H,2,13-19H2,1H3;1H. The van der Waals surface area contributed by atoms with Crippen LogP contribution < -0.4 is 5.32 Å². The van der Waals surface area contributed by atoms with Crippen molar-refractivity contribution < 1.29 is 4.79 Å². The van der Waals surface area contributed by atoms with Crippen LogP contribution in [0, 0.1) is 0 Å². The lowest BCUT2D eigenvalue weighted by molar-refractivity contribution is -0.134. The highest BCUT2D eigenvalue weighted by Crippen LogP contribution is 2.26. The first-order valence-electron chi connectivity index (χ1n) is 10.4. The predicted molar refractivity (Wildman–Crippen MR) is 119 cm³/mol. The molecule has 1 saturated heterocycles. The van der Waals surface area contributed by atoms with Gasteiger partial charge in [-0.1, -0.05) is 67.6 Å². The van der Waals surface area contributed by atoms with Crippen molar-refractivity contribution in [1.29, 1.82) is 0 Å². The summed E-state index contributed by atoms with van der Waals surface area (Å²) in [4.78, 5) is 15.5. The van der Waals surface area contributed by atoms with Crippen molar-refractivity contribution in [3.63, 3.8) is 0 Å². The van der Waals surface area contributed by atoms with Gasteiger partial charge in [0, 0.05) is 19.0 Å². The molecule has 0 aromatic heterocycles. The molecule has 1 aliphatic rings. The van der Waals surface area contributed by atoms with E-state index in [0.29, 0.717) is 18.4 Å². The van der Waals surface area contributed by atoms with Gasteiger partial charge in [0.05, 0.1) is 0 Å². The summed E-state index contributed by atoms with van der Waals surface area (Å²) in [5.74, 6) is 0.538. The van der Waals surface area contributed by atoms with E-state index in [0.717, 1.165) is 45.3 Å². The minimum atomic E-state index is 0. The lowest BCUT2D eigenvalue weighted by Crippen LogP contribution is -2.46. The van der Waals surface area contributed by atoms with Crippen LogP contribution >= 0.6 is 12.4 Å². The highest BCUT2D eigenvalue weighted by molar-refractivity contribution is 5.85. The number of rotatable bonds is 8. The molecule has 3 nitrogen and oxygen atoms in total. The highest BCUT2D eigenvalue weighted by Gasteiger charge is 2.27. The summed E-state index contributed by atoms with van der Waals surface area (Å²) in [6, 6.07) is 21.5. The first kappa shape index (κ1) is 22.4. The zero-order chi connectivity index (χ0) is 18.9. The summed E-state index contributed by atoms with van der Waals surface area (Å²) in [5, 5.41) is 3.41. The maximum Gasteiger partial charge on any atom is 0.223 e.